The Morgan fingerprint density at radius 2 is 1.96 bits per heavy atom. The lowest BCUT2D eigenvalue weighted by molar-refractivity contribution is -0.130. The Morgan fingerprint density at radius 1 is 1.19 bits per heavy atom. The highest BCUT2D eigenvalue weighted by molar-refractivity contribution is 7.22. The fourth-order valence-corrected chi connectivity index (χ4v) is 4.44. The van der Waals surface area contributed by atoms with Crippen molar-refractivity contribution in [3.63, 3.8) is 0 Å². The third-order valence-corrected chi connectivity index (χ3v) is 6.08. The van der Waals surface area contributed by atoms with Crippen LogP contribution in [0.15, 0.2) is 24.3 Å². The number of aryl methyl sites for hydroxylation is 1. The van der Waals surface area contributed by atoms with E-state index >= 15 is 0 Å². The van der Waals surface area contributed by atoms with E-state index in [1.54, 1.807) is 28.2 Å². The molecule has 1 aliphatic heterocycles. The molecule has 0 saturated carbocycles. The van der Waals surface area contributed by atoms with Crippen molar-refractivity contribution < 1.29 is 9.18 Å². The quantitative estimate of drug-likeness (QED) is 0.691. The number of rotatable bonds is 3. The molecule has 0 unspecified atom stereocenters. The van der Waals surface area contributed by atoms with Gasteiger partial charge in [-0.3, -0.25) is 4.79 Å². The van der Waals surface area contributed by atoms with Crippen molar-refractivity contribution in [2.45, 2.75) is 26.7 Å². The molecule has 6 nitrogen and oxygen atoms in total. The molecule has 1 fully saturated rings. The molecular weight excluding hydrogens is 365 g/mol. The Kier molecular flexibility index (Phi) is 4.82. The van der Waals surface area contributed by atoms with Crippen molar-refractivity contribution >= 4 is 32.7 Å². The van der Waals surface area contributed by atoms with Gasteiger partial charge < -0.3 is 9.80 Å². The highest BCUT2D eigenvalue weighted by Gasteiger charge is 2.22. The average molecular weight is 387 g/mol. The van der Waals surface area contributed by atoms with E-state index in [-0.39, 0.29) is 11.7 Å². The van der Waals surface area contributed by atoms with E-state index in [1.165, 1.54) is 12.1 Å². The van der Waals surface area contributed by atoms with E-state index in [9.17, 15) is 9.18 Å². The van der Waals surface area contributed by atoms with Crippen LogP contribution in [0.25, 0.3) is 16.0 Å². The van der Waals surface area contributed by atoms with Crippen LogP contribution in [0.2, 0.25) is 0 Å². The summed E-state index contributed by atoms with van der Waals surface area (Å²) in [5.41, 5.74) is 2.50. The number of aromatic nitrogens is 3. The minimum Gasteiger partial charge on any atom is -0.346 e. The van der Waals surface area contributed by atoms with Gasteiger partial charge >= 0.3 is 0 Å². The zero-order valence-corrected chi connectivity index (χ0v) is 16.3. The van der Waals surface area contributed by atoms with Gasteiger partial charge in [-0.15, -0.1) is 0 Å². The van der Waals surface area contributed by atoms with E-state index in [0.717, 1.165) is 59.5 Å². The van der Waals surface area contributed by atoms with Crippen LogP contribution in [-0.2, 0) is 4.79 Å². The van der Waals surface area contributed by atoms with E-state index in [0.29, 0.717) is 6.42 Å². The maximum atomic E-state index is 13.2. The Morgan fingerprint density at radius 3 is 2.70 bits per heavy atom. The first kappa shape index (κ1) is 17.9. The molecule has 0 N–H and O–H groups in total. The Bertz CT molecular complexity index is 965. The molecular formula is C19H22FN5OS. The van der Waals surface area contributed by atoms with E-state index in [4.69, 9.17) is 4.98 Å². The predicted molar refractivity (Wildman–Crippen MR) is 105 cm³/mol. The van der Waals surface area contributed by atoms with Gasteiger partial charge in [0.15, 0.2) is 10.8 Å². The molecule has 0 bridgehead atoms. The van der Waals surface area contributed by atoms with Gasteiger partial charge in [0.1, 0.15) is 5.82 Å². The van der Waals surface area contributed by atoms with Crippen LogP contribution in [0.1, 0.15) is 25.5 Å². The van der Waals surface area contributed by atoms with Crippen LogP contribution in [0, 0.1) is 12.7 Å². The van der Waals surface area contributed by atoms with Crippen LogP contribution in [0.4, 0.5) is 9.52 Å². The number of carbonyl (C=O) groups excluding carboxylic acids is 1. The van der Waals surface area contributed by atoms with Gasteiger partial charge in [-0.25, -0.2) is 9.07 Å². The standard InChI is InChI=1S/C19H22FN5OS/c1-3-16(26)23-9-4-10-24(12-11-23)19-21-18-17(27-19)13(2)22-25(18)15-7-5-14(20)6-8-15/h5-8H,3-4,9-12H2,1-2H3. The van der Waals surface area contributed by atoms with Crippen LogP contribution in [0.5, 0.6) is 0 Å². The number of fused-ring (bicyclic) bond motifs is 1. The zero-order chi connectivity index (χ0) is 19.0. The molecule has 2 aromatic heterocycles. The largest absolute Gasteiger partial charge is 0.346 e. The highest BCUT2D eigenvalue weighted by Crippen LogP contribution is 2.33. The SMILES string of the molecule is CCC(=O)N1CCCN(c2nc3c(s2)c(C)nn3-c2ccc(F)cc2)CC1. The number of carbonyl (C=O) groups is 1. The minimum absolute atomic E-state index is 0.212. The number of amides is 1. The van der Waals surface area contributed by atoms with E-state index in [2.05, 4.69) is 10.00 Å². The van der Waals surface area contributed by atoms with Gasteiger partial charge in [0.05, 0.1) is 16.1 Å². The number of thiazole rings is 1. The first-order chi connectivity index (χ1) is 13.1. The molecule has 8 heteroatoms. The normalized spacial score (nSPS) is 15.4. The fraction of sp³-hybridized carbons (Fsp3) is 0.421. The monoisotopic (exact) mass is 387 g/mol. The molecule has 0 spiro atoms. The second kappa shape index (κ2) is 7.26. The Balaban J connectivity index is 1.63. The molecule has 0 aliphatic carbocycles. The second-order valence-electron chi connectivity index (χ2n) is 6.70. The summed E-state index contributed by atoms with van der Waals surface area (Å²) in [7, 11) is 0. The lowest BCUT2D eigenvalue weighted by atomic mass is 10.3. The first-order valence-electron chi connectivity index (χ1n) is 9.21. The topological polar surface area (TPSA) is 54.3 Å². The van der Waals surface area contributed by atoms with Gasteiger partial charge in [-0.05, 0) is 37.6 Å². The lowest BCUT2D eigenvalue weighted by Crippen LogP contribution is -2.34. The molecule has 4 rings (SSSR count). The van der Waals surface area contributed by atoms with Crippen molar-refractivity contribution in [2.24, 2.45) is 0 Å². The molecule has 3 aromatic rings. The predicted octanol–water partition coefficient (Wildman–Crippen LogP) is 3.38. The van der Waals surface area contributed by atoms with Gasteiger partial charge in [0.25, 0.3) is 0 Å². The number of benzene rings is 1. The van der Waals surface area contributed by atoms with Gasteiger partial charge in [0, 0.05) is 32.6 Å². The lowest BCUT2D eigenvalue weighted by Gasteiger charge is -2.21. The molecule has 0 radical (unpaired) electrons. The van der Waals surface area contributed by atoms with Gasteiger partial charge in [0.2, 0.25) is 5.91 Å². The maximum Gasteiger partial charge on any atom is 0.222 e. The minimum atomic E-state index is -0.270. The molecule has 1 amide bonds. The molecule has 1 saturated heterocycles. The first-order valence-corrected chi connectivity index (χ1v) is 10.0. The fourth-order valence-electron chi connectivity index (χ4n) is 3.40. The number of hydrogen-bond donors (Lipinski definition) is 0. The molecule has 142 valence electrons. The van der Waals surface area contributed by atoms with Crippen LogP contribution < -0.4 is 4.90 Å². The van der Waals surface area contributed by atoms with E-state index in [1.807, 2.05) is 18.7 Å². The van der Waals surface area contributed by atoms with Crippen LogP contribution >= 0.6 is 11.3 Å². The molecule has 1 aromatic carbocycles. The molecule has 1 aliphatic rings. The molecule has 27 heavy (non-hydrogen) atoms. The molecule has 3 heterocycles. The van der Waals surface area contributed by atoms with Gasteiger partial charge in [-0.1, -0.05) is 18.3 Å². The van der Waals surface area contributed by atoms with Crippen molar-refractivity contribution in [3.05, 3.63) is 35.8 Å². The van der Waals surface area contributed by atoms with Crippen LogP contribution in [0.3, 0.4) is 0 Å². The summed E-state index contributed by atoms with van der Waals surface area (Å²) in [6, 6.07) is 6.28. The second-order valence-corrected chi connectivity index (χ2v) is 7.68. The third-order valence-electron chi connectivity index (χ3n) is 4.87. The Labute approximate surface area is 161 Å². The van der Waals surface area contributed by atoms with Crippen molar-refractivity contribution in [1.29, 1.82) is 0 Å². The summed E-state index contributed by atoms with van der Waals surface area (Å²) in [6.45, 7) is 7.07. The highest BCUT2D eigenvalue weighted by atomic mass is 32.1. The third kappa shape index (κ3) is 3.41. The molecule has 0 atom stereocenters. The average Bonchev–Trinajstić information content (AvgIpc) is 3.13. The van der Waals surface area contributed by atoms with Crippen molar-refractivity contribution in [2.75, 3.05) is 31.1 Å². The summed E-state index contributed by atoms with van der Waals surface area (Å²) in [5.74, 6) is -0.0578. The number of hydrogen-bond acceptors (Lipinski definition) is 5. The number of anilines is 1. The summed E-state index contributed by atoms with van der Waals surface area (Å²) in [6.07, 6.45) is 1.48. The smallest absolute Gasteiger partial charge is 0.222 e. The summed E-state index contributed by atoms with van der Waals surface area (Å²) < 4.78 is 16.1. The van der Waals surface area contributed by atoms with E-state index < -0.39 is 0 Å². The summed E-state index contributed by atoms with van der Waals surface area (Å²) >= 11 is 1.63. The number of nitrogens with zero attached hydrogens (tertiary/aromatic N) is 5. The van der Waals surface area contributed by atoms with Crippen molar-refractivity contribution in [3.8, 4) is 5.69 Å². The number of halogens is 1. The summed E-state index contributed by atoms with van der Waals surface area (Å²) in [4.78, 5) is 21.0. The van der Waals surface area contributed by atoms with Gasteiger partial charge in [-0.2, -0.15) is 10.1 Å². The van der Waals surface area contributed by atoms with Crippen LogP contribution in [-0.4, -0.2) is 51.8 Å². The zero-order valence-electron chi connectivity index (χ0n) is 15.5. The van der Waals surface area contributed by atoms with Crippen molar-refractivity contribution in [1.82, 2.24) is 19.7 Å². The Hall–Kier alpha value is -2.48. The summed E-state index contributed by atoms with van der Waals surface area (Å²) in [5, 5.41) is 5.52. The maximum absolute atomic E-state index is 13.2.